The van der Waals surface area contributed by atoms with Crippen molar-refractivity contribution in [3.05, 3.63) is 5.82 Å². The van der Waals surface area contributed by atoms with E-state index in [9.17, 15) is 4.79 Å². The highest BCUT2D eigenvalue weighted by Gasteiger charge is 2.31. The number of piperazine rings is 1. The summed E-state index contributed by atoms with van der Waals surface area (Å²) in [5, 5.41) is 6.78. The Balaban J connectivity index is 2.23. The molecule has 0 radical (unpaired) electrons. The molecule has 1 aromatic heterocycles. The second-order valence-electron chi connectivity index (χ2n) is 5.68. The molecule has 1 aliphatic rings. The average Bonchev–Trinajstić information content (AvgIpc) is 2.87. The zero-order valence-electron chi connectivity index (χ0n) is 11.9. The van der Waals surface area contributed by atoms with Crippen LogP contribution in [0.2, 0.25) is 0 Å². The number of nitrogens with one attached hydrogen (secondary N) is 2. The minimum atomic E-state index is -0.209. The smallest absolute Gasteiger partial charge is 0.243 e. The SMILES string of the molecule is CNC(=O)C1CNCCN1c1nc(C(C)(C)C)ns1. The largest absolute Gasteiger partial charge is 0.357 e. The molecule has 0 bridgehead atoms. The predicted octanol–water partition coefficient (Wildman–Crippen LogP) is 0.360. The summed E-state index contributed by atoms with van der Waals surface area (Å²) in [6, 6.07) is -0.209. The number of nitrogens with zero attached hydrogens (tertiary/aromatic N) is 3. The number of rotatable bonds is 2. The lowest BCUT2D eigenvalue weighted by atomic mass is 9.96. The summed E-state index contributed by atoms with van der Waals surface area (Å²) < 4.78 is 4.42. The van der Waals surface area contributed by atoms with E-state index in [-0.39, 0.29) is 17.4 Å². The highest BCUT2D eigenvalue weighted by molar-refractivity contribution is 7.09. The first-order valence-corrected chi connectivity index (χ1v) is 7.24. The summed E-state index contributed by atoms with van der Waals surface area (Å²) in [6.07, 6.45) is 0. The molecule has 106 valence electrons. The van der Waals surface area contributed by atoms with Crippen molar-refractivity contribution in [2.24, 2.45) is 0 Å². The Bertz CT molecular complexity index is 453. The van der Waals surface area contributed by atoms with Crippen molar-refractivity contribution in [3.8, 4) is 0 Å². The Kier molecular flexibility index (Phi) is 4.05. The van der Waals surface area contributed by atoms with E-state index < -0.39 is 0 Å². The lowest BCUT2D eigenvalue weighted by Gasteiger charge is -2.34. The van der Waals surface area contributed by atoms with Gasteiger partial charge in [-0.05, 0) is 0 Å². The fraction of sp³-hybridized carbons (Fsp3) is 0.750. The second-order valence-corrected chi connectivity index (χ2v) is 6.41. The number of hydrogen-bond donors (Lipinski definition) is 2. The molecule has 2 N–H and O–H groups in total. The van der Waals surface area contributed by atoms with Crippen LogP contribution in [0.15, 0.2) is 0 Å². The molecule has 0 aliphatic carbocycles. The summed E-state index contributed by atoms with van der Waals surface area (Å²) in [4.78, 5) is 18.6. The van der Waals surface area contributed by atoms with Gasteiger partial charge in [-0.2, -0.15) is 4.37 Å². The molecule has 0 saturated carbocycles. The summed E-state index contributed by atoms with van der Waals surface area (Å²) in [7, 11) is 1.66. The van der Waals surface area contributed by atoms with Gasteiger partial charge in [-0.1, -0.05) is 20.8 Å². The molecule has 1 fully saturated rings. The van der Waals surface area contributed by atoms with Gasteiger partial charge in [0.15, 0.2) is 0 Å². The number of carbonyl (C=O) groups is 1. The molecule has 2 rings (SSSR count). The van der Waals surface area contributed by atoms with E-state index in [1.165, 1.54) is 11.5 Å². The molecule has 0 spiro atoms. The van der Waals surface area contributed by atoms with Gasteiger partial charge in [0.2, 0.25) is 11.0 Å². The molecule has 1 unspecified atom stereocenters. The number of aromatic nitrogens is 2. The van der Waals surface area contributed by atoms with E-state index in [1.807, 2.05) is 4.90 Å². The van der Waals surface area contributed by atoms with Crippen LogP contribution in [0, 0.1) is 0 Å². The molecule has 0 aromatic carbocycles. The number of anilines is 1. The summed E-state index contributed by atoms with van der Waals surface area (Å²) in [5.74, 6) is 0.849. The fourth-order valence-corrected chi connectivity index (χ4v) is 2.90. The number of likely N-dealkylation sites (N-methyl/N-ethyl adjacent to an activating group) is 1. The highest BCUT2D eigenvalue weighted by Crippen LogP contribution is 2.26. The Hall–Kier alpha value is -1.21. The van der Waals surface area contributed by atoms with E-state index >= 15 is 0 Å². The third-order valence-corrected chi connectivity index (χ3v) is 3.88. The van der Waals surface area contributed by atoms with E-state index in [0.29, 0.717) is 6.54 Å². The van der Waals surface area contributed by atoms with Gasteiger partial charge in [-0.15, -0.1) is 0 Å². The first kappa shape index (κ1) is 14.2. The van der Waals surface area contributed by atoms with Crippen molar-refractivity contribution in [3.63, 3.8) is 0 Å². The van der Waals surface area contributed by atoms with Crippen LogP contribution in [0.25, 0.3) is 0 Å². The maximum atomic E-state index is 11.9. The van der Waals surface area contributed by atoms with Crippen molar-refractivity contribution < 1.29 is 4.79 Å². The summed E-state index contributed by atoms with van der Waals surface area (Å²) >= 11 is 1.37. The van der Waals surface area contributed by atoms with Crippen molar-refractivity contribution >= 4 is 22.6 Å². The molecule has 1 saturated heterocycles. The normalized spacial score (nSPS) is 20.4. The molecule has 1 amide bonds. The van der Waals surface area contributed by atoms with Gasteiger partial charge >= 0.3 is 0 Å². The van der Waals surface area contributed by atoms with Crippen molar-refractivity contribution in [2.75, 3.05) is 31.6 Å². The van der Waals surface area contributed by atoms with Crippen LogP contribution in [-0.2, 0) is 10.2 Å². The minimum absolute atomic E-state index is 0.0136. The highest BCUT2D eigenvalue weighted by atomic mass is 32.1. The van der Waals surface area contributed by atoms with Gasteiger partial charge in [-0.3, -0.25) is 4.79 Å². The first-order chi connectivity index (χ1) is 8.93. The van der Waals surface area contributed by atoms with Gasteiger partial charge in [0, 0.05) is 43.6 Å². The number of hydrogen-bond acceptors (Lipinski definition) is 6. The number of amides is 1. The Morgan fingerprint density at radius 3 is 2.84 bits per heavy atom. The van der Waals surface area contributed by atoms with E-state index in [1.54, 1.807) is 7.05 Å². The van der Waals surface area contributed by atoms with Crippen LogP contribution in [0.3, 0.4) is 0 Å². The van der Waals surface area contributed by atoms with Gasteiger partial charge in [0.25, 0.3) is 0 Å². The van der Waals surface area contributed by atoms with Crippen LogP contribution in [0.5, 0.6) is 0 Å². The van der Waals surface area contributed by atoms with Gasteiger partial charge < -0.3 is 15.5 Å². The van der Waals surface area contributed by atoms with Crippen molar-refractivity contribution in [2.45, 2.75) is 32.2 Å². The first-order valence-electron chi connectivity index (χ1n) is 6.46. The fourth-order valence-electron chi connectivity index (χ4n) is 1.97. The second kappa shape index (κ2) is 5.42. The average molecular weight is 283 g/mol. The van der Waals surface area contributed by atoms with Crippen LogP contribution in [0.1, 0.15) is 26.6 Å². The van der Waals surface area contributed by atoms with Crippen LogP contribution < -0.4 is 15.5 Å². The molecule has 19 heavy (non-hydrogen) atoms. The maximum absolute atomic E-state index is 11.9. The predicted molar refractivity (Wildman–Crippen MR) is 76.7 cm³/mol. The Morgan fingerprint density at radius 2 is 2.26 bits per heavy atom. The standard InChI is InChI=1S/C12H21N5OS/c1-12(2,3)10-15-11(19-16-10)17-6-5-14-7-8(17)9(18)13-4/h8,14H,5-7H2,1-4H3,(H,13,18). The van der Waals surface area contributed by atoms with Gasteiger partial charge in [0.1, 0.15) is 11.9 Å². The van der Waals surface area contributed by atoms with Crippen molar-refractivity contribution in [1.29, 1.82) is 0 Å². The molecule has 7 heteroatoms. The summed E-state index contributed by atoms with van der Waals surface area (Å²) in [5.41, 5.74) is -0.0642. The third-order valence-electron chi connectivity index (χ3n) is 3.12. The number of carbonyl (C=O) groups excluding carboxylic acids is 1. The van der Waals surface area contributed by atoms with E-state index in [4.69, 9.17) is 0 Å². The van der Waals surface area contributed by atoms with E-state index in [0.717, 1.165) is 24.0 Å². The minimum Gasteiger partial charge on any atom is -0.357 e. The van der Waals surface area contributed by atoms with Crippen LogP contribution >= 0.6 is 11.5 Å². The third kappa shape index (κ3) is 3.03. The van der Waals surface area contributed by atoms with Crippen LogP contribution in [-0.4, -0.2) is 48.0 Å². The summed E-state index contributed by atoms with van der Waals surface area (Å²) in [6.45, 7) is 8.55. The van der Waals surface area contributed by atoms with Crippen molar-refractivity contribution in [1.82, 2.24) is 20.0 Å². The maximum Gasteiger partial charge on any atom is 0.243 e. The molecule has 1 atom stereocenters. The molecule has 2 heterocycles. The molecule has 6 nitrogen and oxygen atoms in total. The van der Waals surface area contributed by atoms with Gasteiger partial charge in [0.05, 0.1) is 0 Å². The molecular weight excluding hydrogens is 262 g/mol. The van der Waals surface area contributed by atoms with Crippen LogP contribution in [0.4, 0.5) is 5.13 Å². The lowest BCUT2D eigenvalue weighted by molar-refractivity contribution is -0.122. The Labute approximate surface area is 117 Å². The Morgan fingerprint density at radius 1 is 1.53 bits per heavy atom. The zero-order valence-corrected chi connectivity index (χ0v) is 12.7. The van der Waals surface area contributed by atoms with E-state index in [2.05, 4.69) is 40.8 Å². The monoisotopic (exact) mass is 283 g/mol. The zero-order chi connectivity index (χ0) is 14.0. The molecule has 1 aromatic rings. The topological polar surface area (TPSA) is 70.2 Å². The lowest BCUT2D eigenvalue weighted by Crippen LogP contribution is -2.57. The van der Waals surface area contributed by atoms with Gasteiger partial charge in [-0.25, -0.2) is 4.98 Å². The molecular formula is C12H21N5OS. The molecule has 1 aliphatic heterocycles. The quantitative estimate of drug-likeness (QED) is 0.820.